The number of fused-ring (bicyclic) bond motifs is 2. The molecule has 3 heterocycles. The molecule has 1 aliphatic rings. The smallest absolute Gasteiger partial charge is 0.381 e. The van der Waals surface area contributed by atoms with Crippen molar-refractivity contribution in [1.82, 2.24) is 4.57 Å². The van der Waals surface area contributed by atoms with Gasteiger partial charge in [-0.05, 0) is 24.6 Å². The summed E-state index contributed by atoms with van der Waals surface area (Å²) in [5.41, 5.74) is 3.91. The SMILES string of the molecule is CCOC(=O)C(=O)c1c(-c2cc3ccccc3o2)c(-c2ccccc2)c2n1CC(C)(C)C2OC. The van der Waals surface area contributed by atoms with Gasteiger partial charge in [0.05, 0.1) is 17.9 Å². The van der Waals surface area contributed by atoms with Crippen LogP contribution < -0.4 is 0 Å². The van der Waals surface area contributed by atoms with Crippen molar-refractivity contribution in [2.75, 3.05) is 13.7 Å². The molecule has 1 atom stereocenters. The van der Waals surface area contributed by atoms with Crippen LogP contribution in [0.2, 0.25) is 0 Å². The van der Waals surface area contributed by atoms with Gasteiger partial charge in [-0.3, -0.25) is 4.79 Å². The van der Waals surface area contributed by atoms with Crippen LogP contribution in [0, 0.1) is 5.41 Å². The summed E-state index contributed by atoms with van der Waals surface area (Å²) in [6.07, 6.45) is -0.283. The number of benzene rings is 2. The van der Waals surface area contributed by atoms with E-state index in [0.29, 0.717) is 23.5 Å². The number of hydrogen-bond acceptors (Lipinski definition) is 5. The van der Waals surface area contributed by atoms with Gasteiger partial charge in [-0.1, -0.05) is 62.4 Å². The van der Waals surface area contributed by atoms with E-state index in [2.05, 4.69) is 13.8 Å². The number of Topliss-reactive ketones (excluding diaryl/α,β-unsaturated/α-hetero) is 1. The zero-order valence-electron chi connectivity index (χ0n) is 19.8. The highest BCUT2D eigenvalue weighted by Crippen LogP contribution is 2.53. The molecule has 1 unspecified atom stereocenters. The Balaban J connectivity index is 1.89. The molecule has 0 amide bonds. The third-order valence-corrected chi connectivity index (χ3v) is 6.47. The molecule has 1 aliphatic heterocycles. The summed E-state index contributed by atoms with van der Waals surface area (Å²) in [6.45, 7) is 6.52. The molecule has 6 heteroatoms. The second kappa shape index (κ2) is 8.29. The number of rotatable bonds is 6. The van der Waals surface area contributed by atoms with Crippen molar-refractivity contribution >= 4 is 22.7 Å². The van der Waals surface area contributed by atoms with Gasteiger partial charge in [0.2, 0.25) is 0 Å². The maximum Gasteiger partial charge on any atom is 0.381 e. The summed E-state index contributed by atoms with van der Waals surface area (Å²) < 4.78 is 19.3. The first-order valence-corrected chi connectivity index (χ1v) is 11.4. The van der Waals surface area contributed by atoms with Gasteiger partial charge in [0.15, 0.2) is 0 Å². The minimum absolute atomic E-state index is 0.121. The fourth-order valence-corrected chi connectivity index (χ4v) is 5.14. The number of furan rings is 1. The number of carbonyl (C=O) groups is 2. The number of para-hydroxylation sites is 1. The Morgan fingerprint density at radius 2 is 1.76 bits per heavy atom. The lowest BCUT2D eigenvalue weighted by atomic mass is 9.84. The first-order chi connectivity index (χ1) is 16.4. The monoisotopic (exact) mass is 457 g/mol. The number of nitrogens with zero attached hydrogens (tertiary/aromatic N) is 1. The van der Waals surface area contributed by atoms with Crippen molar-refractivity contribution in [2.24, 2.45) is 5.41 Å². The molecular formula is C28H27NO5. The Bertz CT molecular complexity index is 1360. The molecule has 5 rings (SSSR count). The normalized spacial score (nSPS) is 16.5. The summed E-state index contributed by atoms with van der Waals surface area (Å²) in [7, 11) is 1.68. The predicted molar refractivity (Wildman–Crippen MR) is 130 cm³/mol. The van der Waals surface area contributed by atoms with Gasteiger partial charge in [-0.2, -0.15) is 0 Å². The van der Waals surface area contributed by atoms with Gasteiger partial charge in [0, 0.05) is 30.0 Å². The third kappa shape index (κ3) is 3.37. The van der Waals surface area contributed by atoms with E-state index in [1.54, 1.807) is 14.0 Å². The molecule has 0 N–H and O–H groups in total. The van der Waals surface area contributed by atoms with Crippen LogP contribution in [-0.4, -0.2) is 30.0 Å². The van der Waals surface area contributed by atoms with Crippen LogP contribution in [0.4, 0.5) is 0 Å². The third-order valence-electron chi connectivity index (χ3n) is 6.47. The Labute approximate surface area is 198 Å². The van der Waals surface area contributed by atoms with E-state index in [0.717, 1.165) is 22.2 Å². The highest BCUT2D eigenvalue weighted by Gasteiger charge is 2.47. The fourth-order valence-electron chi connectivity index (χ4n) is 5.14. The number of methoxy groups -OCH3 is 1. The lowest BCUT2D eigenvalue weighted by Gasteiger charge is -2.26. The van der Waals surface area contributed by atoms with Crippen LogP contribution in [0.1, 0.15) is 43.1 Å². The molecule has 6 nitrogen and oxygen atoms in total. The van der Waals surface area contributed by atoms with Crippen LogP contribution >= 0.6 is 0 Å². The predicted octanol–water partition coefficient (Wildman–Crippen LogP) is 6.04. The van der Waals surface area contributed by atoms with E-state index in [1.807, 2.05) is 65.2 Å². The molecule has 2 aromatic carbocycles. The number of ether oxygens (including phenoxy) is 2. The first-order valence-electron chi connectivity index (χ1n) is 11.4. The molecule has 0 aliphatic carbocycles. The summed E-state index contributed by atoms with van der Waals surface area (Å²) >= 11 is 0. The van der Waals surface area contributed by atoms with Crippen LogP contribution in [0.3, 0.4) is 0 Å². The molecule has 4 aromatic rings. The number of hydrogen-bond donors (Lipinski definition) is 0. The van der Waals surface area contributed by atoms with Gasteiger partial charge in [0.1, 0.15) is 23.1 Å². The summed E-state index contributed by atoms with van der Waals surface area (Å²) in [5.74, 6) is -1.03. The van der Waals surface area contributed by atoms with Crippen molar-refractivity contribution in [3.05, 3.63) is 72.1 Å². The van der Waals surface area contributed by atoms with Crippen molar-refractivity contribution in [3.8, 4) is 22.5 Å². The van der Waals surface area contributed by atoms with Crippen molar-refractivity contribution in [2.45, 2.75) is 33.4 Å². The molecule has 0 bridgehead atoms. The quantitative estimate of drug-likeness (QED) is 0.200. The van der Waals surface area contributed by atoms with Crippen molar-refractivity contribution < 1.29 is 23.5 Å². The maximum absolute atomic E-state index is 13.6. The summed E-state index contributed by atoms with van der Waals surface area (Å²) in [6, 6.07) is 19.5. The zero-order chi connectivity index (χ0) is 24.0. The minimum Gasteiger partial charge on any atom is -0.460 e. The Hall–Kier alpha value is -3.64. The van der Waals surface area contributed by atoms with E-state index in [9.17, 15) is 9.59 Å². The van der Waals surface area contributed by atoms with E-state index >= 15 is 0 Å². The van der Waals surface area contributed by atoms with Crippen LogP contribution in [0.5, 0.6) is 0 Å². The van der Waals surface area contributed by atoms with Gasteiger partial charge in [-0.25, -0.2) is 4.79 Å². The van der Waals surface area contributed by atoms with Gasteiger partial charge in [0.25, 0.3) is 5.78 Å². The lowest BCUT2D eigenvalue weighted by Crippen LogP contribution is -2.24. The Morgan fingerprint density at radius 3 is 2.44 bits per heavy atom. The number of carbonyl (C=O) groups excluding carboxylic acids is 2. The molecule has 34 heavy (non-hydrogen) atoms. The molecule has 0 radical (unpaired) electrons. The average molecular weight is 458 g/mol. The van der Waals surface area contributed by atoms with Crippen molar-refractivity contribution in [1.29, 1.82) is 0 Å². The standard InChI is InChI=1S/C28H27NO5/c1-5-33-27(31)25(30)23-22(20-15-18-13-9-10-14-19(18)34-20)21(17-11-7-6-8-12-17)24-26(32-4)28(2,3)16-29(23)24/h6-15,26H,5,16H2,1-4H3. The molecular weight excluding hydrogens is 430 g/mol. The second-order valence-electron chi connectivity index (χ2n) is 9.24. The summed E-state index contributed by atoms with van der Waals surface area (Å²) in [4.78, 5) is 26.3. The van der Waals surface area contributed by atoms with Crippen LogP contribution in [0.25, 0.3) is 33.4 Å². The molecule has 2 aromatic heterocycles. The number of aromatic nitrogens is 1. The van der Waals surface area contributed by atoms with Crippen LogP contribution in [-0.2, 0) is 20.8 Å². The zero-order valence-corrected chi connectivity index (χ0v) is 19.8. The number of ketones is 1. The first kappa shape index (κ1) is 22.2. The fraction of sp³-hybridized carbons (Fsp3) is 0.286. The summed E-state index contributed by atoms with van der Waals surface area (Å²) in [5, 5.41) is 0.918. The van der Waals surface area contributed by atoms with Gasteiger partial charge >= 0.3 is 5.97 Å². The molecule has 0 fully saturated rings. The highest BCUT2D eigenvalue weighted by molar-refractivity contribution is 6.42. The molecule has 0 spiro atoms. The highest BCUT2D eigenvalue weighted by atomic mass is 16.5. The van der Waals surface area contributed by atoms with Gasteiger partial charge < -0.3 is 18.5 Å². The molecule has 174 valence electrons. The second-order valence-corrected chi connectivity index (χ2v) is 9.24. The van der Waals surface area contributed by atoms with Crippen molar-refractivity contribution in [3.63, 3.8) is 0 Å². The van der Waals surface area contributed by atoms with E-state index in [-0.39, 0.29) is 23.8 Å². The number of esters is 1. The van der Waals surface area contributed by atoms with E-state index in [4.69, 9.17) is 13.9 Å². The van der Waals surface area contributed by atoms with E-state index < -0.39 is 11.8 Å². The maximum atomic E-state index is 13.6. The Morgan fingerprint density at radius 1 is 1.06 bits per heavy atom. The minimum atomic E-state index is -0.876. The van der Waals surface area contributed by atoms with Crippen LogP contribution in [0.15, 0.2) is 65.1 Å². The Kier molecular flexibility index (Phi) is 5.41. The molecule has 0 saturated heterocycles. The largest absolute Gasteiger partial charge is 0.460 e. The van der Waals surface area contributed by atoms with E-state index in [1.165, 1.54) is 0 Å². The van der Waals surface area contributed by atoms with Gasteiger partial charge in [-0.15, -0.1) is 0 Å². The lowest BCUT2D eigenvalue weighted by molar-refractivity contribution is -0.137. The topological polar surface area (TPSA) is 70.7 Å². The average Bonchev–Trinajstić information content (AvgIpc) is 3.46. The molecule has 0 saturated carbocycles.